The van der Waals surface area contributed by atoms with Crippen LogP contribution in [0.5, 0.6) is 5.75 Å². The molecule has 0 aliphatic carbocycles. The Morgan fingerprint density at radius 2 is 1.09 bits per heavy atom. The van der Waals surface area contributed by atoms with Crippen LogP contribution in [-0.2, 0) is 4.79 Å². The molecule has 0 heterocycles. The highest BCUT2D eigenvalue weighted by molar-refractivity contribution is 5.84. The molecule has 0 spiro atoms. The maximum atomic E-state index is 11.6. The van der Waals surface area contributed by atoms with Crippen molar-refractivity contribution in [3.63, 3.8) is 0 Å². The van der Waals surface area contributed by atoms with Crippen molar-refractivity contribution in [1.82, 2.24) is 0 Å². The zero-order chi connectivity index (χ0) is 30.0. The Hall–Kier alpha value is -5.09. The van der Waals surface area contributed by atoms with Gasteiger partial charge in [0.2, 0.25) is 0 Å². The summed E-state index contributed by atoms with van der Waals surface area (Å²) in [5.74, 6) is 0.00133. The molecule has 1 atom stereocenters. The van der Waals surface area contributed by atoms with Gasteiger partial charge in [0.15, 0.2) is 0 Å². The normalized spacial score (nSPS) is 11.4. The van der Waals surface area contributed by atoms with E-state index in [1.54, 1.807) is 12.1 Å². The minimum Gasteiger partial charge on any atom is -0.423 e. The highest BCUT2D eigenvalue weighted by Crippen LogP contribution is 2.37. The predicted molar refractivity (Wildman–Crippen MR) is 180 cm³/mol. The number of ether oxygens (including phenoxy) is 1. The van der Waals surface area contributed by atoms with Gasteiger partial charge in [-0.25, -0.2) is 4.79 Å². The highest BCUT2D eigenvalue weighted by atomic mass is 16.5. The summed E-state index contributed by atoms with van der Waals surface area (Å²) in [6.07, 6.45) is 4.55. The average molecular weight is 567 g/mol. The lowest BCUT2D eigenvalue weighted by Gasteiger charge is -2.33. The summed E-state index contributed by atoms with van der Waals surface area (Å²) in [7, 11) is 0. The topological polar surface area (TPSA) is 32.8 Å². The summed E-state index contributed by atoms with van der Waals surface area (Å²) >= 11 is 0. The van der Waals surface area contributed by atoms with Crippen LogP contribution in [0, 0.1) is 0 Å². The molecule has 4 heteroatoms. The first-order chi connectivity index (χ1) is 21.1. The largest absolute Gasteiger partial charge is 0.423 e. The summed E-state index contributed by atoms with van der Waals surface area (Å²) in [5, 5.41) is 0. The Balaban J connectivity index is 1.42. The molecule has 1 unspecified atom stereocenters. The third-order valence-electron chi connectivity index (χ3n) is 7.59. The van der Waals surface area contributed by atoms with Gasteiger partial charge in [-0.15, -0.1) is 0 Å². The lowest BCUT2D eigenvalue weighted by molar-refractivity contribution is -0.128. The SMILES string of the molecule is C=CC(=O)Oc1ccc(N(c2ccccc2)c2ccc(-c3ccc(N(c4ccccc4)C(CC)CCC)cc3)cc2)cc1. The van der Waals surface area contributed by atoms with Crippen LogP contribution in [0.2, 0.25) is 0 Å². The molecule has 0 aliphatic heterocycles. The molecular weight excluding hydrogens is 528 g/mol. The molecule has 4 nitrogen and oxygen atoms in total. The van der Waals surface area contributed by atoms with Crippen LogP contribution in [0.15, 0.2) is 146 Å². The van der Waals surface area contributed by atoms with Gasteiger partial charge in [0.05, 0.1) is 0 Å². The van der Waals surface area contributed by atoms with Crippen molar-refractivity contribution in [1.29, 1.82) is 0 Å². The molecular formula is C39H38N2O2. The molecule has 216 valence electrons. The molecule has 43 heavy (non-hydrogen) atoms. The van der Waals surface area contributed by atoms with Gasteiger partial charge in [0, 0.05) is 40.6 Å². The Bertz CT molecular complexity index is 1600. The second kappa shape index (κ2) is 14.2. The molecule has 5 rings (SSSR count). The third-order valence-corrected chi connectivity index (χ3v) is 7.59. The zero-order valence-electron chi connectivity index (χ0n) is 24.9. The summed E-state index contributed by atoms with van der Waals surface area (Å²) < 4.78 is 5.28. The second-order valence-corrected chi connectivity index (χ2v) is 10.4. The lowest BCUT2D eigenvalue weighted by atomic mass is 10.0. The number of esters is 1. The molecule has 5 aromatic carbocycles. The van der Waals surface area contributed by atoms with E-state index in [0.717, 1.165) is 48.0 Å². The van der Waals surface area contributed by atoms with Crippen LogP contribution in [0.1, 0.15) is 33.1 Å². The van der Waals surface area contributed by atoms with Gasteiger partial charge in [-0.1, -0.05) is 87.5 Å². The van der Waals surface area contributed by atoms with E-state index in [9.17, 15) is 4.79 Å². The van der Waals surface area contributed by atoms with E-state index in [1.807, 2.05) is 30.3 Å². The van der Waals surface area contributed by atoms with E-state index in [-0.39, 0.29) is 0 Å². The quantitative estimate of drug-likeness (QED) is 0.0854. The number of carbonyl (C=O) groups is 1. The molecule has 0 radical (unpaired) electrons. The van der Waals surface area contributed by atoms with E-state index < -0.39 is 5.97 Å². The number of hydrogen-bond donors (Lipinski definition) is 0. The number of anilines is 5. The first-order valence-electron chi connectivity index (χ1n) is 15.0. The van der Waals surface area contributed by atoms with E-state index >= 15 is 0 Å². The van der Waals surface area contributed by atoms with E-state index in [2.05, 4.69) is 121 Å². The summed E-state index contributed by atoms with van der Waals surface area (Å²) in [5.41, 5.74) is 7.79. The van der Waals surface area contributed by atoms with Gasteiger partial charge >= 0.3 is 5.97 Å². The van der Waals surface area contributed by atoms with Gasteiger partial charge in [-0.05, 0) is 96.8 Å². The Labute approximate surface area is 255 Å². The standard InChI is InChI=1S/C39H38N2O2/c1-4-13-32(5-2)40(33-14-9-7-10-15-33)35-22-18-30(19-23-35)31-20-24-36(25-21-31)41(34-16-11-8-12-17-34)37-26-28-38(29-27-37)43-39(42)6-3/h6-12,14-29,32H,3-5,13H2,1-2H3. The maximum Gasteiger partial charge on any atom is 0.335 e. The van der Waals surface area contributed by atoms with E-state index in [1.165, 1.54) is 16.9 Å². The fourth-order valence-electron chi connectivity index (χ4n) is 5.47. The zero-order valence-corrected chi connectivity index (χ0v) is 24.9. The fourth-order valence-corrected chi connectivity index (χ4v) is 5.47. The number of carbonyl (C=O) groups excluding carboxylic acids is 1. The van der Waals surface area contributed by atoms with Crippen LogP contribution in [-0.4, -0.2) is 12.0 Å². The van der Waals surface area contributed by atoms with Crippen LogP contribution >= 0.6 is 0 Å². The minimum atomic E-state index is -0.477. The monoisotopic (exact) mass is 566 g/mol. The first-order valence-corrected chi connectivity index (χ1v) is 15.0. The Morgan fingerprint density at radius 1 is 0.651 bits per heavy atom. The fraction of sp³-hybridized carbons (Fsp3) is 0.154. The summed E-state index contributed by atoms with van der Waals surface area (Å²) in [6, 6.07) is 46.4. The molecule has 0 fully saturated rings. The molecule has 0 N–H and O–H groups in total. The number of rotatable bonds is 12. The van der Waals surface area contributed by atoms with Gasteiger partial charge in [-0.3, -0.25) is 0 Å². The van der Waals surface area contributed by atoms with Crippen molar-refractivity contribution in [2.75, 3.05) is 9.80 Å². The van der Waals surface area contributed by atoms with Gasteiger partial charge in [-0.2, -0.15) is 0 Å². The summed E-state index contributed by atoms with van der Waals surface area (Å²) in [4.78, 5) is 16.3. The Morgan fingerprint density at radius 3 is 1.58 bits per heavy atom. The molecule has 0 bridgehead atoms. The predicted octanol–water partition coefficient (Wildman–Crippen LogP) is 10.6. The lowest BCUT2D eigenvalue weighted by Crippen LogP contribution is -2.30. The van der Waals surface area contributed by atoms with Crippen molar-refractivity contribution in [2.45, 2.75) is 39.2 Å². The number of benzene rings is 5. The summed E-state index contributed by atoms with van der Waals surface area (Å²) in [6.45, 7) is 8.00. The number of hydrogen-bond acceptors (Lipinski definition) is 4. The smallest absolute Gasteiger partial charge is 0.335 e. The average Bonchev–Trinajstić information content (AvgIpc) is 3.07. The minimum absolute atomic E-state index is 0.449. The molecule has 5 aromatic rings. The van der Waals surface area contributed by atoms with Crippen molar-refractivity contribution in [3.05, 3.63) is 146 Å². The second-order valence-electron chi connectivity index (χ2n) is 10.4. The van der Waals surface area contributed by atoms with Crippen LogP contribution in [0.3, 0.4) is 0 Å². The van der Waals surface area contributed by atoms with Crippen molar-refractivity contribution in [2.24, 2.45) is 0 Å². The molecule has 0 aromatic heterocycles. The van der Waals surface area contributed by atoms with E-state index in [0.29, 0.717) is 11.8 Å². The van der Waals surface area contributed by atoms with E-state index in [4.69, 9.17) is 4.74 Å². The Kier molecular flexibility index (Phi) is 9.71. The van der Waals surface area contributed by atoms with Gasteiger partial charge < -0.3 is 14.5 Å². The molecule has 0 saturated heterocycles. The highest BCUT2D eigenvalue weighted by Gasteiger charge is 2.19. The first kappa shape index (κ1) is 29.4. The molecule has 0 saturated carbocycles. The maximum absolute atomic E-state index is 11.6. The van der Waals surface area contributed by atoms with Crippen LogP contribution in [0.25, 0.3) is 11.1 Å². The number of nitrogens with zero attached hydrogens (tertiary/aromatic N) is 2. The van der Waals surface area contributed by atoms with Crippen LogP contribution in [0.4, 0.5) is 28.4 Å². The number of para-hydroxylation sites is 2. The van der Waals surface area contributed by atoms with Gasteiger partial charge in [0.1, 0.15) is 5.75 Å². The third kappa shape index (κ3) is 7.04. The molecule has 0 aliphatic rings. The van der Waals surface area contributed by atoms with Crippen LogP contribution < -0.4 is 14.5 Å². The molecule has 0 amide bonds. The van der Waals surface area contributed by atoms with Crippen molar-refractivity contribution >= 4 is 34.4 Å². The van der Waals surface area contributed by atoms with Crippen molar-refractivity contribution in [3.8, 4) is 16.9 Å². The van der Waals surface area contributed by atoms with Crippen molar-refractivity contribution < 1.29 is 9.53 Å². The van der Waals surface area contributed by atoms with Gasteiger partial charge in [0.25, 0.3) is 0 Å².